The lowest BCUT2D eigenvalue weighted by Crippen LogP contribution is -2.46. The van der Waals surface area contributed by atoms with Crippen LogP contribution in [0.1, 0.15) is 19.7 Å². The van der Waals surface area contributed by atoms with Gasteiger partial charge in [-0.15, -0.1) is 5.10 Å². The van der Waals surface area contributed by atoms with E-state index >= 15 is 0 Å². The molecule has 2 atom stereocenters. The maximum atomic E-state index is 5.67. The molecule has 1 N–H and O–H groups in total. The summed E-state index contributed by atoms with van der Waals surface area (Å²) in [6, 6.07) is 0. The fraction of sp³-hybridized carbons (Fsp3) is 0.800. The average molecular weight is 243 g/mol. The zero-order valence-electron chi connectivity index (χ0n) is 9.60. The zero-order valence-corrected chi connectivity index (χ0v) is 10.4. The SMILES string of the molecule is CC1CN(CCc2n[nH]c(=S)o2)CC(C)O1. The quantitative estimate of drug-likeness (QED) is 0.813. The van der Waals surface area contributed by atoms with Crippen LogP contribution >= 0.6 is 12.2 Å². The van der Waals surface area contributed by atoms with Gasteiger partial charge in [-0.2, -0.15) is 0 Å². The lowest BCUT2D eigenvalue weighted by Gasteiger charge is -2.34. The summed E-state index contributed by atoms with van der Waals surface area (Å²) in [4.78, 5) is 2.71. The van der Waals surface area contributed by atoms with Crippen molar-refractivity contribution in [3.05, 3.63) is 10.7 Å². The molecule has 16 heavy (non-hydrogen) atoms. The van der Waals surface area contributed by atoms with E-state index in [0.717, 1.165) is 26.1 Å². The van der Waals surface area contributed by atoms with Crippen molar-refractivity contribution in [2.24, 2.45) is 0 Å². The summed E-state index contributed by atoms with van der Waals surface area (Å²) in [6.45, 7) is 7.07. The highest BCUT2D eigenvalue weighted by Crippen LogP contribution is 2.11. The Bertz CT molecular complexity index is 379. The first-order chi connectivity index (χ1) is 7.63. The van der Waals surface area contributed by atoms with Crippen molar-refractivity contribution in [3.63, 3.8) is 0 Å². The van der Waals surface area contributed by atoms with Crippen molar-refractivity contribution in [2.45, 2.75) is 32.5 Å². The van der Waals surface area contributed by atoms with Gasteiger partial charge in [0.05, 0.1) is 12.2 Å². The fourth-order valence-corrected chi connectivity index (χ4v) is 2.23. The van der Waals surface area contributed by atoms with Gasteiger partial charge in [-0.1, -0.05) is 0 Å². The summed E-state index contributed by atoms with van der Waals surface area (Å²) in [6.07, 6.45) is 1.39. The van der Waals surface area contributed by atoms with Gasteiger partial charge in [0.25, 0.3) is 4.84 Å². The summed E-state index contributed by atoms with van der Waals surface area (Å²) in [5.74, 6) is 0.678. The standard InChI is InChI=1S/C10H17N3O2S/c1-7-5-13(6-8(2)14-7)4-3-9-11-12-10(16)15-9/h7-8H,3-6H2,1-2H3,(H,12,16). The molecule has 0 aromatic carbocycles. The summed E-state index contributed by atoms with van der Waals surface area (Å²) in [5.41, 5.74) is 0. The van der Waals surface area contributed by atoms with Crippen molar-refractivity contribution in [2.75, 3.05) is 19.6 Å². The molecule has 0 saturated carbocycles. The van der Waals surface area contributed by atoms with Crippen LogP contribution in [0, 0.1) is 4.84 Å². The Kier molecular flexibility index (Phi) is 3.73. The van der Waals surface area contributed by atoms with Crippen LogP contribution in [-0.4, -0.2) is 46.9 Å². The maximum absolute atomic E-state index is 5.67. The number of nitrogens with zero attached hydrogens (tertiary/aromatic N) is 2. The first kappa shape index (κ1) is 11.8. The van der Waals surface area contributed by atoms with Crippen molar-refractivity contribution < 1.29 is 9.15 Å². The topological polar surface area (TPSA) is 54.3 Å². The van der Waals surface area contributed by atoms with Crippen molar-refractivity contribution in [1.29, 1.82) is 0 Å². The minimum atomic E-state index is 0.300. The van der Waals surface area contributed by atoms with Crippen LogP contribution < -0.4 is 0 Å². The van der Waals surface area contributed by atoms with E-state index in [4.69, 9.17) is 21.4 Å². The summed E-state index contributed by atoms with van der Waals surface area (Å²) < 4.78 is 10.9. The molecular weight excluding hydrogens is 226 g/mol. The Morgan fingerprint density at radius 3 is 2.69 bits per heavy atom. The molecule has 6 heteroatoms. The molecule has 0 aliphatic carbocycles. The molecule has 1 aromatic heterocycles. The fourth-order valence-electron chi connectivity index (χ4n) is 2.09. The Balaban J connectivity index is 1.83. The average Bonchev–Trinajstić information content (AvgIpc) is 2.60. The number of H-pyrrole nitrogens is 1. The Morgan fingerprint density at radius 2 is 2.12 bits per heavy atom. The minimum absolute atomic E-state index is 0.300. The number of aromatic amines is 1. The first-order valence-corrected chi connectivity index (χ1v) is 5.96. The molecule has 1 aliphatic rings. The van der Waals surface area contributed by atoms with Crippen LogP contribution in [0.25, 0.3) is 0 Å². The van der Waals surface area contributed by atoms with E-state index in [2.05, 4.69) is 28.9 Å². The van der Waals surface area contributed by atoms with E-state index in [1.54, 1.807) is 0 Å². The molecule has 5 nitrogen and oxygen atoms in total. The van der Waals surface area contributed by atoms with E-state index in [0.29, 0.717) is 22.9 Å². The third-order valence-corrected chi connectivity index (χ3v) is 2.79. The molecule has 0 amide bonds. The zero-order chi connectivity index (χ0) is 11.5. The molecule has 1 saturated heterocycles. The molecule has 2 heterocycles. The molecule has 0 radical (unpaired) electrons. The Hall–Kier alpha value is -0.720. The van der Waals surface area contributed by atoms with Gasteiger partial charge in [0, 0.05) is 26.1 Å². The molecule has 0 spiro atoms. The number of nitrogens with one attached hydrogen (secondary N) is 1. The van der Waals surface area contributed by atoms with Gasteiger partial charge in [0.1, 0.15) is 0 Å². The van der Waals surface area contributed by atoms with Gasteiger partial charge in [-0.3, -0.25) is 4.90 Å². The molecule has 2 unspecified atom stereocenters. The smallest absolute Gasteiger partial charge is 0.284 e. The number of ether oxygens (including phenoxy) is 1. The van der Waals surface area contributed by atoms with Crippen LogP contribution in [0.2, 0.25) is 0 Å². The second-order valence-corrected chi connectivity index (χ2v) is 4.64. The first-order valence-electron chi connectivity index (χ1n) is 5.55. The maximum Gasteiger partial charge on any atom is 0.284 e. The molecule has 0 bridgehead atoms. The minimum Gasteiger partial charge on any atom is -0.414 e. The van der Waals surface area contributed by atoms with Crippen molar-refractivity contribution >= 4 is 12.2 Å². The van der Waals surface area contributed by atoms with Crippen LogP contribution in [0.4, 0.5) is 0 Å². The van der Waals surface area contributed by atoms with E-state index < -0.39 is 0 Å². The van der Waals surface area contributed by atoms with Crippen LogP contribution in [0.3, 0.4) is 0 Å². The monoisotopic (exact) mass is 243 g/mol. The predicted octanol–water partition coefficient (Wildman–Crippen LogP) is 1.38. The lowest BCUT2D eigenvalue weighted by atomic mass is 10.2. The van der Waals surface area contributed by atoms with E-state index in [1.807, 2.05) is 0 Å². The number of hydrogen-bond donors (Lipinski definition) is 1. The van der Waals surface area contributed by atoms with Gasteiger partial charge in [-0.05, 0) is 26.1 Å². The molecule has 90 valence electrons. The number of aromatic nitrogens is 2. The number of morpholine rings is 1. The van der Waals surface area contributed by atoms with Crippen LogP contribution in [0.15, 0.2) is 4.42 Å². The van der Waals surface area contributed by atoms with E-state index in [-0.39, 0.29) is 0 Å². The molecular formula is C10H17N3O2S. The second-order valence-electron chi connectivity index (χ2n) is 4.27. The number of hydrogen-bond acceptors (Lipinski definition) is 5. The summed E-state index contributed by atoms with van der Waals surface area (Å²) >= 11 is 4.82. The van der Waals surface area contributed by atoms with Gasteiger partial charge < -0.3 is 9.15 Å². The lowest BCUT2D eigenvalue weighted by molar-refractivity contribution is -0.0678. The van der Waals surface area contributed by atoms with Gasteiger partial charge in [0.15, 0.2) is 0 Å². The normalized spacial score (nSPS) is 27.1. The largest absolute Gasteiger partial charge is 0.414 e. The van der Waals surface area contributed by atoms with Crippen LogP contribution in [0.5, 0.6) is 0 Å². The van der Waals surface area contributed by atoms with E-state index in [1.165, 1.54) is 0 Å². The Morgan fingerprint density at radius 1 is 1.44 bits per heavy atom. The molecule has 2 rings (SSSR count). The van der Waals surface area contributed by atoms with Crippen molar-refractivity contribution in [3.8, 4) is 0 Å². The second kappa shape index (κ2) is 5.07. The highest BCUT2D eigenvalue weighted by molar-refractivity contribution is 7.71. The highest BCUT2D eigenvalue weighted by atomic mass is 32.1. The summed E-state index contributed by atoms with van der Waals surface area (Å²) in [5, 5.41) is 6.61. The highest BCUT2D eigenvalue weighted by Gasteiger charge is 2.21. The third-order valence-electron chi connectivity index (χ3n) is 2.62. The number of rotatable bonds is 3. The van der Waals surface area contributed by atoms with Gasteiger partial charge in [0.2, 0.25) is 5.89 Å². The molecule has 1 aliphatic heterocycles. The third kappa shape index (κ3) is 3.13. The molecule has 1 aromatic rings. The predicted molar refractivity (Wildman–Crippen MR) is 61.8 cm³/mol. The van der Waals surface area contributed by atoms with Gasteiger partial charge >= 0.3 is 0 Å². The Labute approximate surface area is 99.8 Å². The van der Waals surface area contributed by atoms with Gasteiger partial charge in [-0.25, -0.2) is 5.10 Å². The van der Waals surface area contributed by atoms with Crippen molar-refractivity contribution in [1.82, 2.24) is 15.1 Å². The molecule has 1 fully saturated rings. The summed E-state index contributed by atoms with van der Waals surface area (Å²) in [7, 11) is 0. The van der Waals surface area contributed by atoms with E-state index in [9.17, 15) is 0 Å². The van der Waals surface area contributed by atoms with Crippen LogP contribution in [-0.2, 0) is 11.2 Å².